The summed E-state index contributed by atoms with van der Waals surface area (Å²) in [5.74, 6) is 1.78. The first-order chi connectivity index (χ1) is 13.2. The lowest BCUT2D eigenvalue weighted by Crippen LogP contribution is -2.55. The summed E-state index contributed by atoms with van der Waals surface area (Å²) in [7, 11) is 1.85. The summed E-state index contributed by atoms with van der Waals surface area (Å²) in [5.41, 5.74) is 0.850. The number of aliphatic imine (C=N–C) groups is 1. The van der Waals surface area contributed by atoms with Crippen molar-refractivity contribution in [2.24, 2.45) is 12.0 Å². The van der Waals surface area contributed by atoms with Gasteiger partial charge in [0.15, 0.2) is 5.96 Å². The Balaban J connectivity index is 1.56. The summed E-state index contributed by atoms with van der Waals surface area (Å²) in [6, 6.07) is 10.3. The predicted octanol–water partition coefficient (Wildman–Crippen LogP) is 1.83. The molecule has 1 fully saturated rings. The number of nitrogens with one attached hydrogen (secondary N) is 1. The number of carbonyl (C=O) groups excluding carboxylic acids is 1. The van der Waals surface area contributed by atoms with Crippen molar-refractivity contribution in [3.8, 4) is 0 Å². The largest absolute Gasteiger partial charge is 0.357 e. The van der Waals surface area contributed by atoms with Gasteiger partial charge in [0.05, 0.1) is 18.4 Å². The van der Waals surface area contributed by atoms with E-state index >= 15 is 0 Å². The second kappa shape index (κ2) is 9.45. The number of piperazine rings is 1. The molecule has 0 atom stereocenters. The van der Waals surface area contributed by atoms with E-state index < -0.39 is 0 Å². The van der Waals surface area contributed by atoms with Crippen molar-refractivity contribution in [2.75, 3.05) is 43.4 Å². The third-order valence-electron chi connectivity index (χ3n) is 4.22. The van der Waals surface area contributed by atoms with E-state index in [0.717, 1.165) is 30.5 Å². The van der Waals surface area contributed by atoms with Crippen molar-refractivity contribution in [3.63, 3.8) is 0 Å². The van der Waals surface area contributed by atoms with Crippen LogP contribution in [-0.4, -0.2) is 65.0 Å². The molecule has 2 aromatic rings. The average Bonchev–Trinajstić information content (AvgIpc) is 3.11. The van der Waals surface area contributed by atoms with Crippen LogP contribution in [-0.2, 0) is 11.8 Å². The van der Waals surface area contributed by atoms with E-state index in [1.165, 1.54) is 4.90 Å². The summed E-state index contributed by atoms with van der Waals surface area (Å²) >= 11 is 1.79. The van der Waals surface area contributed by atoms with Gasteiger partial charge in [-0.2, -0.15) is 5.10 Å². The summed E-state index contributed by atoms with van der Waals surface area (Å²) in [4.78, 5) is 22.4. The summed E-state index contributed by atoms with van der Waals surface area (Å²) < 4.78 is 1.71. The topological polar surface area (TPSA) is 65.8 Å². The van der Waals surface area contributed by atoms with Crippen molar-refractivity contribution in [2.45, 2.75) is 11.8 Å². The average molecular weight is 387 g/mol. The fraction of sp³-hybridized carbons (Fsp3) is 0.421. The second-order valence-corrected chi connectivity index (χ2v) is 7.40. The zero-order chi connectivity index (χ0) is 19.1. The lowest BCUT2D eigenvalue weighted by atomic mass is 10.3. The van der Waals surface area contributed by atoms with E-state index in [0.29, 0.717) is 19.6 Å². The SMILES string of the molecule is CCNC(=NCCSc1ccccc1)N1CCN(c2cnn(C)c2)C(=O)C1. The fourth-order valence-electron chi connectivity index (χ4n) is 2.93. The lowest BCUT2D eigenvalue weighted by Gasteiger charge is -2.35. The van der Waals surface area contributed by atoms with Gasteiger partial charge in [0.25, 0.3) is 0 Å². The van der Waals surface area contributed by atoms with Crippen LogP contribution in [0.4, 0.5) is 5.69 Å². The molecule has 0 unspecified atom stereocenters. The number of hydrogen-bond donors (Lipinski definition) is 1. The van der Waals surface area contributed by atoms with Gasteiger partial charge in [-0.3, -0.25) is 14.5 Å². The number of amides is 1. The van der Waals surface area contributed by atoms with E-state index in [2.05, 4.69) is 22.5 Å². The Morgan fingerprint density at radius 3 is 2.78 bits per heavy atom. The first-order valence-corrected chi connectivity index (χ1v) is 10.2. The molecule has 0 bridgehead atoms. The van der Waals surface area contributed by atoms with E-state index in [4.69, 9.17) is 4.99 Å². The second-order valence-electron chi connectivity index (χ2n) is 6.24. The molecule has 1 aliphatic rings. The van der Waals surface area contributed by atoms with Crippen molar-refractivity contribution in [1.82, 2.24) is 20.0 Å². The number of hydrogen-bond acceptors (Lipinski definition) is 4. The monoisotopic (exact) mass is 386 g/mol. The minimum absolute atomic E-state index is 0.0681. The maximum Gasteiger partial charge on any atom is 0.246 e. The molecule has 2 heterocycles. The van der Waals surface area contributed by atoms with Crippen LogP contribution in [0.5, 0.6) is 0 Å². The van der Waals surface area contributed by atoms with Crippen LogP contribution in [0.15, 0.2) is 52.6 Å². The zero-order valence-electron chi connectivity index (χ0n) is 15.8. The van der Waals surface area contributed by atoms with Gasteiger partial charge in [-0.25, -0.2) is 0 Å². The molecule has 0 saturated carbocycles. The maximum absolute atomic E-state index is 12.6. The van der Waals surface area contributed by atoms with Gasteiger partial charge in [0.2, 0.25) is 5.91 Å². The quantitative estimate of drug-likeness (QED) is 0.355. The molecule has 1 aromatic heterocycles. The van der Waals surface area contributed by atoms with Crippen LogP contribution in [0, 0.1) is 0 Å². The molecule has 1 saturated heterocycles. The molecule has 27 heavy (non-hydrogen) atoms. The lowest BCUT2D eigenvalue weighted by molar-refractivity contribution is -0.120. The number of thioether (sulfide) groups is 1. The molecule has 1 N–H and O–H groups in total. The molecule has 1 aliphatic heterocycles. The molecular weight excluding hydrogens is 360 g/mol. The Kier molecular flexibility index (Phi) is 6.75. The molecule has 0 radical (unpaired) electrons. The Morgan fingerprint density at radius 2 is 2.11 bits per heavy atom. The number of guanidine groups is 1. The van der Waals surface area contributed by atoms with Crippen molar-refractivity contribution < 1.29 is 4.79 Å². The van der Waals surface area contributed by atoms with Crippen LogP contribution in [0.25, 0.3) is 0 Å². The van der Waals surface area contributed by atoms with E-state index in [1.54, 1.807) is 27.5 Å². The van der Waals surface area contributed by atoms with Crippen molar-refractivity contribution in [1.29, 1.82) is 0 Å². The molecule has 0 spiro atoms. The molecule has 8 heteroatoms. The minimum atomic E-state index is 0.0681. The Bertz CT molecular complexity index is 776. The Labute approximate surface area is 164 Å². The number of aryl methyl sites for hydroxylation is 1. The van der Waals surface area contributed by atoms with Gasteiger partial charge in [-0.05, 0) is 19.1 Å². The number of carbonyl (C=O) groups is 1. The van der Waals surface area contributed by atoms with Gasteiger partial charge >= 0.3 is 0 Å². The number of aromatic nitrogens is 2. The number of rotatable bonds is 6. The van der Waals surface area contributed by atoms with Gasteiger partial charge in [0.1, 0.15) is 6.54 Å². The zero-order valence-corrected chi connectivity index (χ0v) is 16.7. The standard InChI is InChI=1S/C19H26N6OS/c1-3-20-19(21-9-12-27-17-7-5-4-6-8-17)24-10-11-25(18(26)15-24)16-13-22-23(2)14-16/h4-8,13-14H,3,9-12,15H2,1-2H3,(H,20,21). The summed E-state index contributed by atoms with van der Waals surface area (Å²) in [6.45, 7) is 5.24. The Morgan fingerprint density at radius 1 is 1.30 bits per heavy atom. The number of nitrogens with zero attached hydrogens (tertiary/aromatic N) is 5. The van der Waals surface area contributed by atoms with E-state index in [-0.39, 0.29) is 5.91 Å². The molecule has 3 rings (SSSR count). The minimum Gasteiger partial charge on any atom is -0.357 e. The highest BCUT2D eigenvalue weighted by Gasteiger charge is 2.27. The normalized spacial score (nSPS) is 15.3. The third-order valence-corrected chi connectivity index (χ3v) is 5.22. The molecular formula is C19H26N6OS. The van der Waals surface area contributed by atoms with Crippen LogP contribution < -0.4 is 10.2 Å². The first kappa shape index (κ1) is 19.3. The highest BCUT2D eigenvalue weighted by Crippen LogP contribution is 2.17. The third kappa shape index (κ3) is 5.26. The molecule has 7 nitrogen and oxygen atoms in total. The van der Waals surface area contributed by atoms with Crippen molar-refractivity contribution in [3.05, 3.63) is 42.7 Å². The Hall–Kier alpha value is -2.48. The smallest absolute Gasteiger partial charge is 0.246 e. The van der Waals surface area contributed by atoms with Crippen LogP contribution in [0.3, 0.4) is 0 Å². The molecule has 1 amide bonds. The van der Waals surface area contributed by atoms with Crippen LogP contribution >= 0.6 is 11.8 Å². The molecule has 144 valence electrons. The van der Waals surface area contributed by atoms with Gasteiger partial charge in [0, 0.05) is 43.5 Å². The van der Waals surface area contributed by atoms with Gasteiger partial charge in [-0.15, -0.1) is 11.8 Å². The van der Waals surface area contributed by atoms with Gasteiger partial charge < -0.3 is 15.1 Å². The molecule has 0 aliphatic carbocycles. The van der Waals surface area contributed by atoms with Crippen molar-refractivity contribution >= 4 is 29.3 Å². The highest BCUT2D eigenvalue weighted by atomic mass is 32.2. The summed E-state index contributed by atoms with van der Waals surface area (Å²) in [5, 5.41) is 7.47. The maximum atomic E-state index is 12.6. The number of anilines is 1. The van der Waals surface area contributed by atoms with Crippen LogP contribution in [0.2, 0.25) is 0 Å². The van der Waals surface area contributed by atoms with Gasteiger partial charge in [-0.1, -0.05) is 18.2 Å². The first-order valence-electron chi connectivity index (χ1n) is 9.17. The fourth-order valence-corrected chi connectivity index (χ4v) is 3.70. The summed E-state index contributed by atoms with van der Waals surface area (Å²) in [6.07, 6.45) is 3.60. The van der Waals surface area contributed by atoms with Crippen LogP contribution in [0.1, 0.15) is 6.92 Å². The molecule has 1 aromatic carbocycles. The van der Waals surface area contributed by atoms with E-state index in [1.807, 2.05) is 43.3 Å². The predicted molar refractivity (Wildman–Crippen MR) is 110 cm³/mol. The highest BCUT2D eigenvalue weighted by molar-refractivity contribution is 7.99. The van der Waals surface area contributed by atoms with E-state index in [9.17, 15) is 4.79 Å². The number of benzene rings is 1.